The molecule has 6 nitrogen and oxygen atoms in total. The van der Waals surface area contributed by atoms with Crippen LogP contribution in [0.2, 0.25) is 0 Å². The zero-order valence-corrected chi connectivity index (χ0v) is 13.9. The quantitative estimate of drug-likeness (QED) is 0.755. The van der Waals surface area contributed by atoms with E-state index in [2.05, 4.69) is 39.6 Å². The minimum absolute atomic E-state index is 0.311. The van der Waals surface area contributed by atoms with Gasteiger partial charge in [-0.3, -0.25) is 0 Å². The van der Waals surface area contributed by atoms with Gasteiger partial charge in [-0.05, 0) is 38.9 Å². The molecular weight excluding hydrogens is 302 g/mol. The number of para-hydroxylation sites is 1. The minimum atomic E-state index is 0.311. The van der Waals surface area contributed by atoms with Crippen LogP contribution in [0.1, 0.15) is 37.2 Å². The Kier molecular flexibility index (Phi) is 3.90. The molecule has 0 spiro atoms. The topological polar surface area (TPSA) is 68.8 Å². The van der Waals surface area contributed by atoms with E-state index in [1.165, 1.54) is 18.5 Å². The number of hydrogen-bond acceptors (Lipinski definition) is 5. The molecule has 1 unspecified atom stereocenters. The molecule has 2 aromatic heterocycles. The van der Waals surface area contributed by atoms with Crippen molar-refractivity contribution < 1.29 is 4.52 Å². The Morgan fingerprint density at radius 1 is 1.29 bits per heavy atom. The van der Waals surface area contributed by atoms with Crippen molar-refractivity contribution in [2.24, 2.45) is 0 Å². The summed E-state index contributed by atoms with van der Waals surface area (Å²) in [6.07, 6.45) is 4.96. The van der Waals surface area contributed by atoms with Crippen molar-refractivity contribution in [1.29, 1.82) is 0 Å². The summed E-state index contributed by atoms with van der Waals surface area (Å²) in [6, 6.07) is 10.5. The SMILES string of the molecule is CNC(C)Cc1noc(-c2cnn(-c3ccccc3)c2C2CC2)n1. The van der Waals surface area contributed by atoms with Gasteiger partial charge in [-0.25, -0.2) is 4.68 Å². The third-order valence-electron chi connectivity index (χ3n) is 4.45. The van der Waals surface area contributed by atoms with Crippen LogP contribution in [-0.2, 0) is 6.42 Å². The van der Waals surface area contributed by atoms with Crippen LogP contribution in [0.5, 0.6) is 0 Å². The lowest BCUT2D eigenvalue weighted by Gasteiger charge is -2.07. The largest absolute Gasteiger partial charge is 0.334 e. The lowest BCUT2D eigenvalue weighted by molar-refractivity contribution is 0.418. The summed E-state index contributed by atoms with van der Waals surface area (Å²) in [5.74, 6) is 1.81. The van der Waals surface area contributed by atoms with Gasteiger partial charge >= 0.3 is 0 Å². The summed E-state index contributed by atoms with van der Waals surface area (Å²) in [5.41, 5.74) is 3.20. The molecule has 1 aliphatic carbocycles. The van der Waals surface area contributed by atoms with E-state index >= 15 is 0 Å². The van der Waals surface area contributed by atoms with E-state index in [0.717, 1.165) is 23.5 Å². The maximum atomic E-state index is 5.52. The Balaban J connectivity index is 1.70. The van der Waals surface area contributed by atoms with Crippen LogP contribution in [0.3, 0.4) is 0 Å². The average Bonchev–Trinajstić information content (AvgIpc) is 3.19. The van der Waals surface area contributed by atoms with Gasteiger partial charge in [0.05, 0.1) is 23.1 Å². The van der Waals surface area contributed by atoms with Gasteiger partial charge in [0.25, 0.3) is 5.89 Å². The second-order valence-corrected chi connectivity index (χ2v) is 6.37. The Bertz CT molecular complexity index is 819. The van der Waals surface area contributed by atoms with Crippen molar-refractivity contribution in [3.8, 4) is 17.1 Å². The third-order valence-corrected chi connectivity index (χ3v) is 4.45. The van der Waals surface area contributed by atoms with Crippen molar-refractivity contribution in [3.63, 3.8) is 0 Å². The zero-order chi connectivity index (χ0) is 16.5. The summed E-state index contributed by atoms with van der Waals surface area (Å²) in [5, 5.41) is 11.9. The molecule has 0 aliphatic heterocycles. The maximum absolute atomic E-state index is 5.52. The smallest absolute Gasteiger partial charge is 0.261 e. The first-order valence-corrected chi connectivity index (χ1v) is 8.40. The molecular formula is C18H21N5O. The van der Waals surface area contributed by atoms with Crippen molar-refractivity contribution >= 4 is 0 Å². The average molecular weight is 323 g/mol. The van der Waals surface area contributed by atoms with E-state index in [-0.39, 0.29) is 0 Å². The highest BCUT2D eigenvalue weighted by Gasteiger charge is 2.33. The summed E-state index contributed by atoms with van der Waals surface area (Å²) in [6.45, 7) is 2.10. The number of benzene rings is 1. The molecule has 1 aromatic carbocycles. The van der Waals surface area contributed by atoms with E-state index < -0.39 is 0 Å². The molecule has 0 bridgehead atoms. The van der Waals surface area contributed by atoms with E-state index in [4.69, 9.17) is 4.52 Å². The molecule has 3 aromatic rings. The standard InChI is InChI=1S/C18H21N5O/c1-12(19-2)10-16-21-18(24-22-16)15-11-20-23(17(15)13-8-9-13)14-6-4-3-5-7-14/h3-7,11-13,19H,8-10H2,1-2H3. The Morgan fingerprint density at radius 2 is 2.08 bits per heavy atom. The fourth-order valence-corrected chi connectivity index (χ4v) is 2.87. The van der Waals surface area contributed by atoms with Crippen LogP contribution in [0, 0.1) is 0 Å². The van der Waals surface area contributed by atoms with E-state index in [0.29, 0.717) is 17.9 Å². The predicted octanol–water partition coefficient (Wildman–Crippen LogP) is 2.95. The summed E-state index contributed by atoms with van der Waals surface area (Å²) >= 11 is 0. The van der Waals surface area contributed by atoms with Gasteiger partial charge in [-0.2, -0.15) is 10.1 Å². The maximum Gasteiger partial charge on any atom is 0.261 e. The van der Waals surface area contributed by atoms with Crippen LogP contribution >= 0.6 is 0 Å². The summed E-state index contributed by atoms with van der Waals surface area (Å²) in [7, 11) is 1.93. The van der Waals surface area contributed by atoms with E-state index in [9.17, 15) is 0 Å². The summed E-state index contributed by atoms with van der Waals surface area (Å²) < 4.78 is 7.53. The first kappa shape index (κ1) is 15.1. The fraction of sp³-hybridized carbons (Fsp3) is 0.389. The number of rotatable bonds is 6. The molecule has 2 heterocycles. The van der Waals surface area contributed by atoms with Gasteiger partial charge in [-0.15, -0.1) is 0 Å². The van der Waals surface area contributed by atoms with Crippen LogP contribution < -0.4 is 5.32 Å². The molecule has 0 saturated heterocycles. The number of hydrogen-bond donors (Lipinski definition) is 1. The van der Waals surface area contributed by atoms with Crippen LogP contribution in [-0.4, -0.2) is 33.0 Å². The van der Waals surface area contributed by atoms with Crippen molar-refractivity contribution in [2.75, 3.05) is 7.05 Å². The molecule has 6 heteroatoms. The molecule has 1 N–H and O–H groups in total. The molecule has 1 saturated carbocycles. The molecule has 0 radical (unpaired) electrons. The van der Waals surface area contributed by atoms with Gasteiger partial charge in [0.15, 0.2) is 5.82 Å². The normalized spacial score (nSPS) is 15.6. The zero-order valence-electron chi connectivity index (χ0n) is 13.9. The second kappa shape index (κ2) is 6.20. The van der Waals surface area contributed by atoms with Crippen molar-refractivity contribution in [2.45, 2.75) is 38.1 Å². The van der Waals surface area contributed by atoms with Crippen LogP contribution in [0.15, 0.2) is 41.1 Å². The van der Waals surface area contributed by atoms with E-state index in [1.54, 1.807) is 0 Å². The molecule has 1 aliphatic rings. The number of likely N-dealkylation sites (N-methyl/N-ethyl adjacent to an activating group) is 1. The number of nitrogens with zero attached hydrogens (tertiary/aromatic N) is 4. The molecule has 0 amide bonds. The predicted molar refractivity (Wildman–Crippen MR) is 91.1 cm³/mol. The van der Waals surface area contributed by atoms with Gasteiger partial charge in [0.1, 0.15) is 0 Å². The molecule has 24 heavy (non-hydrogen) atoms. The highest BCUT2D eigenvalue weighted by atomic mass is 16.5. The lowest BCUT2D eigenvalue weighted by Crippen LogP contribution is -2.24. The highest BCUT2D eigenvalue weighted by molar-refractivity contribution is 5.59. The van der Waals surface area contributed by atoms with Crippen LogP contribution in [0.4, 0.5) is 0 Å². The van der Waals surface area contributed by atoms with Gasteiger partial charge in [0, 0.05) is 18.4 Å². The first-order valence-electron chi connectivity index (χ1n) is 8.40. The second-order valence-electron chi connectivity index (χ2n) is 6.37. The first-order chi connectivity index (χ1) is 11.8. The third kappa shape index (κ3) is 2.85. The fourth-order valence-electron chi connectivity index (χ4n) is 2.87. The van der Waals surface area contributed by atoms with Gasteiger partial charge in [0.2, 0.25) is 0 Å². The number of nitrogens with one attached hydrogen (secondary N) is 1. The van der Waals surface area contributed by atoms with Gasteiger partial charge < -0.3 is 9.84 Å². The lowest BCUT2D eigenvalue weighted by atomic mass is 10.1. The Labute approximate surface area is 140 Å². The molecule has 1 fully saturated rings. The van der Waals surface area contributed by atoms with Gasteiger partial charge in [-0.1, -0.05) is 23.4 Å². The Hall–Kier alpha value is -2.47. The molecule has 1 atom stereocenters. The minimum Gasteiger partial charge on any atom is -0.334 e. The van der Waals surface area contributed by atoms with Crippen molar-refractivity contribution in [3.05, 3.63) is 48.0 Å². The van der Waals surface area contributed by atoms with Crippen LogP contribution in [0.25, 0.3) is 17.1 Å². The van der Waals surface area contributed by atoms with Crippen molar-refractivity contribution in [1.82, 2.24) is 25.2 Å². The van der Waals surface area contributed by atoms with E-state index in [1.807, 2.05) is 36.1 Å². The molecule has 4 rings (SSSR count). The highest BCUT2D eigenvalue weighted by Crippen LogP contribution is 2.44. The monoisotopic (exact) mass is 323 g/mol. The summed E-state index contributed by atoms with van der Waals surface area (Å²) in [4.78, 5) is 4.58. The molecule has 124 valence electrons. The number of aromatic nitrogens is 4. The Morgan fingerprint density at radius 3 is 2.79 bits per heavy atom.